The largest absolute Gasteiger partial charge is 0.494 e. The standard InChI is InChI=1S/C15H16FIN2O/c1-20-15-7-4-11(9-13(15)16)14(19-18)8-10-2-5-12(17)6-3-10/h2-7,9,14,19H,8,18H2,1H3. The van der Waals surface area contributed by atoms with E-state index in [1.807, 2.05) is 30.3 Å². The first kappa shape index (κ1) is 15.2. The van der Waals surface area contributed by atoms with Gasteiger partial charge in [0.25, 0.3) is 0 Å². The fourth-order valence-corrected chi connectivity index (χ4v) is 2.39. The Kier molecular flexibility index (Phi) is 5.33. The fourth-order valence-electron chi connectivity index (χ4n) is 2.03. The molecule has 1 atom stereocenters. The van der Waals surface area contributed by atoms with Gasteiger partial charge in [-0.15, -0.1) is 0 Å². The summed E-state index contributed by atoms with van der Waals surface area (Å²) in [5.41, 5.74) is 4.68. The topological polar surface area (TPSA) is 47.3 Å². The number of rotatable bonds is 5. The van der Waals surface area contributed by atoms with Gasteiger partial charge in [0.2, 0.25) is 0 Å². The predicted octanol–water partition coefficient (Wildman–Crippen LogP) is 3.19. The monoisotopic (exact) mass is 386 g/mol. The van der Waals surface area contributed by atoms with E-state index in [0.717, 1.165) is 11.1 Å². The molecule has 0 aliphatic carbocycles. The summed E-state index contributed by atoms with van der Waals surface area (Å²) in [5.74, 6) is 5.45. The molecule has 0 heterocycles. The second-order valence-corrected chi connectivity index (χ2v) is 5.69. The highest BCUT2D eigenvalue weighted by atomic mass is 127. The molecule has 1 unspecified atom stereocenters. The highest BCUT2D eigenvalue weighted by molar-refractivity contribution is 14.1. The zero-order chi connectivity index (χ0) is 14.5. The van der Waals surface area contributed by atoms with Crippen molar-refractivity contribution in [1.82, 2.24) is 5.43 Å². The van der Waals surface area contributed by atoms with E-state index in [2.05, 4.69) is 28.0 Å². The van der Waals surface area contributed by atoms with Crippen molar-refractivity contribution >= 4 is 22.6 Å². The average molecular weight is 386 g/mol. The van der Waals surface area contributed by atoms with Crippen molar-refractivity contribution < 1.29 is 9.13 Å². The quantitative estimate of drug-likeness (QED) is 0.472. The van der Waals surface area contributed by atoms with Gasteiger partial charge in [0, 0.05) is 3.57 Å². The zero-order valence-corrected chi connectivity index (χ0v) is 13.2. The number of halogens is 2. The van der Waals surface area contributed by atoms with Gasteiger partial charge >= 0.3 is 0 Å². The number of hydrazine groups is 1. The summed E-state index contributed by atoms with van der Waals surface area (Å²) < 4.78 is 19.8. The first-order chi connectivity index (χ1) is 9.63. The highest BCUT2D eigenvalue weighted by Crippen LogP contribution is 2.24. The Balaban J connectivity index is 2.19. The molecular formula is C15H16FIN2O. The van der Waals surface area contributed by atoms with Crippen LogP contribution in [0.4, 0.5) is 4.39 Å². The lowest BCUT2D eigenvalue weighted by atomic mass is 9.99. The lowest BCUT2D eigenvalue weighted by Gasteiger charge is -2.17. The summed E-state index contributed by atoms with van der Waals surface area (Å²) >= 11 is 2.26. The van der Waals surface area contributed by atoms with Crippen LogP contribution in [0.5, 0.6) is 5.75 Å². The lowest BCUT2D eigenvalue weighted by Crippen LogP contribution is -2.29. The summed E-state index contributed by atoms with van der Waals surface area (Å²) in [4.78, 5) is 0. The van der Waals surface area contributed by atoms with Crippen molar-refractivity contribution in [2.24, 2.45) is 5.84 Å². The van der Waals surface area contributed by atoms with E-state index in [-0.39, 0.29) is 17.6 Å². The van der Waals surface area contributed by atoms with Crippen LogP contribution >= 0.6 is 22.6 Å². The SMILES string of the molecule is COc1ccc(C(Cc2ccc(I)cc2)NN)cc1F. The van der Waals surface area contributed by atoms with E-state index < -0.39 is 0 Å². The number of hydrogen-bond donors (Lipinski definition) is 2. The third-order valence-corrected chi connectivity index (χ3v) is 3.85. The van der Waals surface area contributed by atoms with Crippen LogP contribution in [0.3, 0.4) is 0 Å². The number of ether oxygens (including phenoxy) is 1. The molecule has 3 nitrogen and oxygen atoms in total. The number of nitrogens with two attached hydrogens (primary N) is 1. The Morgan fingerprint density at radius 3 is 2.50 bits per heavy atom. The van der Waals surface area contributed by atoms with Crippen molar-refractivity contribution in [3.8, 4) is 5.75 Å². The zero-order valence-electron chi connectivity index (χ0n) is 11.1. The second-order valence-electron chi connectivity index (χ2n) is 4.44. The minimum atomic E-state index is -0.382. The normalized spacial score (nSPS) is 12.2. The molecule has 0 aliphatic heterocycles. The molecule has 0 radical (unpaired) electrons. The molecule has 0 saturated carbocycles. The van der Waals surface area contributed by atoms with Gasteiger partial charge in [-0.25, -0.2) is 4.39 Å². The van der Waals surface area contributed by atoms with Gasteiger partial charge in [0.1, 0.15) is 0 Å². The molecular weight excluding hydrogens is 370 g/mol. The molecule has 2 rings (SSSR count). The number of hydrogen-bond acceptors (Lipinski definition) is 3. The third-order valence-electron chi connectivity index (χ3n) is 3.13. The van der Waals surface area contributed by atoms with E-state index >= 15 is 0 Å². The summed E-state index contributed by atoms with van der Waals surface area (Å²) in [6, 6.07) is 12.9. The summed E-state index contributed by atoms with van der Waals surface area (Å²) in [7, 11) is 1.45. The van der Waals surface area contributed by atoms with Gasteiger partial charge in [-0.2, -0.15) is 0 Å². The van der Waals surface area contributed by atoms with Gasteiger partial charge in [-0.05, 0) is 64.4 Å². The number of methoxy groups -OCH3 is 1. The maximum absolute atomic E-state index is 13.7. The fraction of sp³-hybridized carbons (Fsp3) is 0.200. The Labute approximate surface area is 131 Å². The van der Waals surface area contributed by atoms with Gasteiger partial charge in [-0.3, -0.25) is 11.3 Å². The minimum Gasteiger partial charge on any atom is -0.494 e. The molecule has 106 valence electrons. The van der Waals surface area contributed by atoms with Crippen molar-refractivity contribution in [3.05, 3.63) is 63.0 Å². The Hall–Kier alpha value is -1.18. The first-order valence-electron chi connectivity index (χ1n) is 6.18. The smallest absolute Gasteiger partial charge is 0.165 e. The lowest BCUT2D eigenvalue weighted by molar-refractivity contribution is 0.385. The Morgan fingerprint density at radius 1 is 1.25 bits per heavy atom. The van der Waals surface area contributed by atoms with E-state index in [1.54, 1.807) is 6.07 Å². The van der Waals surface area contributed by atoms with Crippen LogP contribution in [0, 0.1) is 9.39 Å². The predicted molar refractivity (Wildman–Crippen MR) is 85.9 cm³/mol. The number of nitrogens with one attached hydrogen (secondary N) is 1. The number of benzene rings is 2. The van der Waals surface area contributed by atoms with E-state index in [1.165, 1.54) is 16.7 Å². The molecule has 0 spiro atoms. The molecule has 2 aromatic rings. The summed E-state index contributed by atoms with van der Waals surface area (Å²) in [6.07, 6.45) is 0.694. The summed E-state index contributed by atoms with van der Waals surface area (Å²) in [5, 5.41) is 0. The van der Waals surface area contributed by atoms with Crippen LogP contribution < -0.4 is 16.0 Å². The van der Waals surface area contributed by atoms with Crippen molar-refractivity contribution in [3.63, 3.8) is 0 Å². The van der Waals surface area contributed by atoms with Crippen LogP contribution in [-0.4, -0.2) is 7.11 Å². The van der Waals surface area contributed by atoms with Crippen LogP contribution in [0.25, 0.3) is 0 Å². The van der Waals surface area contributed by atoms with Crippen LogP contribution in [0.1, 0.15) is 17.2 Å². The molecule has 0 aromatic heterocycles. The summed E-state index contributed by atoms with van der Waals surface area (Å²) in [6.45, 7) is 0. The molecule has 0 amide bonds. The average Bonchev–Trinajstić information content (AvgIpc) is 2.46. The van der Waals surface area contributed by atoms with Crippen molar-refractivity contribution in [2.45, 2.75) is 12.5 Å². The van der Waals surface area contributed by atoms with E-state index in [9.17, 15) is 4.39 Å². The molecule has 5 heteroatoms. The first-order valence-corrected chi connectivity index (χ1v) is 7.26. The van der Waals surface area contributed by atoms with E-state index in [4.69, 9.17) is 10.6 Å². The maximum atomic E-state index is 13.7. The molecule has 20 heavy (non-hydrogen) atoms. The second kappa shape index (κ2) is 7.01. The minimum absolute atomic E-state index is 0.143. The van der Waals surface area contributed by atoms with Crippen LogP contribution in [0.2, 0.25) is 0 Å². The van der Waals surface area contributed by atoms with Gasteiger partial charge in [0.05, 0.1) is 13.2 Å². The van der Waals surface area contributed by atoms with E-state index in [0.29, 0.717) is 6.42 Å². The van der Waals surface area contributed by atoms with Gasteiger partial charge < -0.3 is 4.74 Å². The highest BCUT2D eigenvalue weighted by Gasteiger charge is 2.13. The maximum Gasteiger partial charge on any atom is 0.165 e. The molecule has 0 saturated heterocycles. The van der Waals surface area contributed by atoms with Crippen molar-refractivity contribution in [1.29, 1.82) is 0 Å². The molecule has 0 bridgehead atoms. The van der Waals surface area contributed by atoms with Crippen molar-refractivity contribution in [2.75, 3.05) is 7.11 Å². The Morgan fingerprint density at radius 2 is 1.95 bits per heavy atom. The van der Waals surface area contributed by atoms with Gasteiger partial charge in [-0.1, -0.05) is 18.2 Å². The molecule has 0 fully saturated rings. The van der Waals surface area contributed by atoms with Gasteiger partial charge in [0.15, 0.2) is 11.6 Å². The van der Waals surface area contributed by atoms with Crippen LogP contribution in [0.15, 0.2) is 42.5 Å². The molecule has 3 N–H and O–H groups in total. The van der Waals surface area contributed by atoms with Crippen LogP contribution in [-0.2, 0) is 6.42 Å². The molecule has 2 aromatic carbocycles. The Bertz CT molecular complexity index is 575. The third kappa shape index (κ3) is 3.68. The molecule has 0 aliphatic rings.